The Morgan fingerprint density at radius 2 is 2.29 bits per heavy atom. The average Bonchev–Trinajstić information content (AvgIpc) is 1.27. The maximum Gasteiger partial charge on any atom is 0.277 e. The van der Waals surface area contributed by atoms with Crippen LogP contribution in [0, 0.1) is 10.1 Å². The first-order valence-electron chi connectivity index (χ1n) is 1.54. The lowest BCUT2D eigenvalue weighted by molar-refractivity contribution is -0.529. The highest BCUT2D eigenvalue weighted by molar-refractivity contribution is 5.71. The minimum Gasteiger partial charge on any atom is -0.269 e. The number of nitrogens with one attached hydrogen (secondary N) is 1. The van der Waals surface area contributed by atoms with Gasteiger partial charge in [0.2, 0.25) is 0 Å². The van der Waals surface area contributed by atoms with E-state index in [0.717, 1.165) is 6.92 Å². The van der Waals surface area contributed by atoms with Gasteiger partial charge in [-0.1, -0.05) is 5.43 Å². The molecule has 0 unspecified atom stereocenters. The van der Waals surface area contributed by atoms with Crippen LogP contribution in [0.2, 0.25) is 0 Å². The molecule has 1 amide bonds. The zero-order valence-electron chi connectivity index (χ0n) is 3.67. The zero-order valence-corrected chi connectivity index (χ0v) is 3.67. The maximum atomic E-state index is 9.70. The number of carbonyl (C=O) groups excluding carboxylic acids is 1. The third kappa shape index (κ3) is 4.87. The largest absolute Gasteiger partial charge is 0.277 e. The lowest BCUT2D eigenvalue weighted by Crippen LogP contribution is -2.26. The SMILES string of the molecule is CC(=O)N[N+](=O)[O-]. The molecule has 40 valence electrons. The summed E-state index contributed by atoms with van der Waals surface area (Å²) >= 11 is 0. The molecule has 7 heavy (non-hydrogen) atoms. The molecule has 0 aliphatic heterocycles. The molecule has 0 bridgehead atoms. The van der Waals surface area contributed by atoms with Crippen LogP contribution in [-0.4, -0.2) is 10.9 Å². The molecule has 0 aliphatic carbocycles. The molecule has 1 N–H and O–H groups in total. The number of nitro groups is 1. The van der Waals surface area contributed by atoms with Gasteiger partial charge in [-0.05, 0) is 0 Å². The molecular weight excluding hydrogens is 100 g/mol. The summed E-state index contributed by atoms with van der Waals surface area (Å²) in [4.78, 5) is 19.0. The summed E-state index contributed by atoms with van der Waals surface area (Å²) in [5, 5.41) is 8.38. The minimum atomic E-state index is -0.900. The van der Waals surface area contributed by atoms with E-state index in [1.807, 2.05) is 0 Å². The van der Waals surface area contributed by atoms with Crippen LogP contribution in [0.15, 0.2) is 0 Å². The molecule has 5 heteroatoms. The van der Waals surface area contributed by atoms with Gasteiger partial charge in [-0.3, -0.25) is 4.79 Å². The second-order valence-corrected chi connectivity index (χ2v) is 0.925. The average molecular weight is 104 g/mol. The quantitative estimate of drug-likeness (QED) is 0.353. The van der Waals surface area contributed by atoms with Crippen molar-refractivity contribution < 1.29 is 9.83 Å². The molecule has 0 atom stereocenters. The summed E-state index contributed by atoms with van der Waals surface area (Å²) in [6.07, 6.45) is 0. The molecule has 0 spiro atoms. The molecule has 0 aromatic heterocycles. The fraction of sp³-hybridized carbons (Fsp3) is 0.500. The standard InChI is InChI=1S/C2H4N2O3/c1-2(5)3-4(6)7/h1H3,(H,3,5). The van der Waals surface area contributed by atoms with Crippen molar-refractivity contribution in [3.63, 3.8) is 0 Å². The van der Waals surface area contributed by atoms with Crippen molar-refractivity contribution >= 4 is 5.91 Å². The van der Waals surface area contributed by atoms with E-state index in [4.69, 9.17) is 0 Å². The number of hydrazine groups is 1. The van der Waals surface area contributed by atoms with E-state index in [0.29, 0.717) is 0 Å². The van der Waals surface area contributed by atoms with Crippen molar-refractivity contribution in [2.75, 3.05) is 0 Å². The molecule has 0 fully saturated rings. The first kappa shape index (κ1) is 5.87. The van der Waals surface area contributed by atoms with Crippen molar-refractivity contribution in [2.45, 2.75) is 6.92 Å². The number of rotatable bonds is 1. The molecule has 0 saturated carbocycles. The number of hydrogen-bond acceptors (Lipinski definition) is 3. The van der Waals surface area contributed by atoms with Crippen molar-refractivity contribution in [3.8, 4) is 0 Å². The lowest BCUT2D eigenvalue weighted by atomic mass is 10.8. The van der Waals surface area contributed by atoms with Gasteiger partial charge in [-0.15, -0.1) is 0 Å². The van der Waals surface area contributed by atoms with Crippen LogP contribution in [0.1, 0.15) is 6.92 Å². The molecule has 0 aromatic carbocycles. The third-order valence-electron chi connectivity index (χ3n) is 0.249. The monoisotopic (exact) mass is 104 g/mol. The van der Waals surface area contributed by atoms with Gasteiger partial charge in [-0.2, -0.15) is 0 Å². The first-order valence-corrected chi connectivity index (χ1v) is 1.54. The summed E-state index contributed by atoms with van der Waals surface area (Å²) in [5.74, 6) is -0.662. The minimum absolute atomic E-state index is 0.662. The molecular formula is C2H4N2O3. The van der Waals surface area contributed by atoms with Crippen LogP contribution in [0.4, 0.5) is 0 Å². The van der Waals surface area contributed by atoms with Gasteiger partial charge in [0.15, 0.2) is 5.03 Å². The molecule has 0 saturated heterocycles. The molecule has 0 aromatic rings. The maximum absolute atomic E-state index is 9.70. The fourth-order valence-electron chi connectivity index (χ4n) is 0.129. The normalized spacial score (nSPS) is 7.57. The van der Waals surface area contributed by atoms with Crippen molar-refractivity contribution in [1.82, 2.24) is 5.43 Å². The van der Waals surface area contributed by atoms with Gasteiger partial charge in [0.25, 0.3) is 5.91 Å². The highest BCUT2D eigenvalue weighted by Crippen LogP contribution is 1.57. The van der Waals surface area contributed by atoms with E-state index >= 15 is 0 Å². The summed E-state index contributed by atoms with van der Waals surface area (Å²) < 4.78 is 0. The van der Waals surface area contributed by atoms with Crippen molar-refractivity contribution in [2.24, 2.45) is 0 Å². The van der Waals surface area contributed by atoms with Crippen molar-refractivity contribution in [1.29, 1.82) is 0 Å². The predicted octanol–water partition coefficient (Wildman–Crippen LogP) is -0.686. The van der Waals surface area contributed by atoms with E-state index in [-0.39, 0.29) is 0 Å². The molecule has 0 radical (unpaired) electrons. The summed E-state index contributed by atoms with van der Waals surface area (Å²) in [6, 6.07) is 0. The number of nitrogens with zero attached hydrogens (tertiary/aromatic N) is 1. The number of hydrogen-bond donors (Lipinski definition) is 1. The fourth-order valence-corrected chi connectivity index (χ4v) is 0.129. The second kappa shape index (κ2) is 2.12. The molecule has 5 nitrogen and oxygen atoms in total. The van der Waals surface area contributed by atoms with Crippen LogP contribution in [0.3, 0.4) is 0 Å². The highest BCUT2D eigenvalue weighted by atomic mass is 16.7. The van der Waals surface area contributed by atoms with E-state index in [2.05, 4.69) is 0 Å². The lowest BCUT2D eigenvalue weighted by Gasteiger charge is -1.83. The first-order chi connectivity index (χ1) is 3.13. The van der Waals surface area contributed by atoms with Crippen LogP contribution >= 0.6 is 0 Å². The zero-order chi connectivity index (χ0) is 5.86. The molecule has 0 rings (SSSR count). The van der Waals surface area contributed by atoms with E-state index in [9.17, 15) is 14.9 Å². The van der Waals surface area contributed by atoms with Crippen LogP contribution < -0.4 is 5.43 Å². The predicted molar refractivity (Wildman–Crippen MR) is 20.8 cm³/mol. The van der Waals surface area contributed by atoms with E-state index in [1.54, 1.807) is 0 Å². The van der Waals surface area contributed by atoms with Gasteiger partial charge in [0.1, 0.15) is 0 Å². The Bertz CT molecular complexity index is 87.1. The summed E-state index contributed by atoms with van der Waals surface area (Å²) in [6.45, 7) is 1.07. The van der Waals surface area contributed by atoms with Gasteiger partial charge in [-0.25, -0.2) is 10.1 Å². The van der Waals surface area contributed by atoms with Gasteiger partial charge >= 0.3 is 0 Å². The Morgan fingerprint density at radius 3 is 2.29 bits per heavy atom. The third-order valence-corrected chi connectivity index (χ3v) is 0.249. The van der Waals surface area contributed by atoms with Crippen LogP contribution in [-0.2, 0) is 4.79 Å². The molecule has 0 heterocycles. The van der Waals surface area contributed by atoms with Gasteiger partial charge in [0.05, 0.1) is 0 Å². The Balaban J connectivity index is 3.32. The Labute approximate surface area is 39.4 Å². The number of amides is 1. The smallest absolute Gasteiger partial charge is 0.269 e. The Kier molecular flexibility index (Phi) is 1.78. The van der Waals surface area contributed by atoms with Crippen molar-refractivity contribution in [3.05, 3.63) is 10.1 Å². The van der Waals surface area contributed by atoms with Crippen LogP contribution in [0.5, 0.6) is 0 Å². The molecule has 0 aliphatic rings. The van der Waals surface area contributed by atoms with E-state index in [1.165, 1.54) is 5.43 Å². The van der Waals surface area contributed by atoms with Gasteiger partial charge in [0, 0.05) is 6.92 Å². The Morgan fingerprint density at radius 1 is 1.86 bits per heavy atom. The van der Waals surface area contributed by atoms with E-state index < -0.39 is 10.9 Å². The van der Waals surface area contributed by atoms with Crippen LogP contribution in [0.25, 0.3) is 0 Å². The Hall–Kier alpha value is -1.13. The number of carbonyl (C=O) groups is 1. The summed E-state index contributed by atoms with van der Waals surface area (Å²) in [5.41, 5.74) is 1.39. The summed E-state index contributed by atoms with van der Waals surface area (Å²) in [7, 11) is 0. The highest BCUT2D eigenvalue weighted by Gasteiger charge is 1.94. The topological polar surface area (TPSA) is 72.2 Å². The second-order valence-electron chi connectivity index (χ2n) is 0.925. The van der Waals surface area contributed by atoms with Gasteiger partial charge < -0.3 is 0 Å².